The summed E-state index contributed by atoms with van der Waals surface area (Å²) in [4.78, 5) is 35.9. The fraction of sp³-hybridized carbons (Fsp3) is 0.250. The maximum Gasteiger partial charge on any atom is 0.253 e. The molecule has 2 heterocycles. The van der Waals surface area contributed by atoms with Crippen molar-refractivity contribution in [3.8, 4) is 11.1 Å². The van der Waals surface area contributed by atoms with Gasteiger partial charge in [-0.15, -0.1) is 0 Å². The van der Waals surface area contributed by atoms with Crippen molar-refractivity contribution in [2.24, 2.45) is 0 Å². The van der Waals surface area contributed by atoms with Crippen molar-refractivity contribution in [3.05, 3.63) is 83.2 Å². The van der Waals surface area contributed by atoms with Crippen LogP contribution in [0.15, 0.2) is 54.9 Å². The van der Waals surface area contributed by atoms with Crippen LogP contribution in [0.25, 0.3) is 11.1 Å². The Labute approximate surface area is 180 Å². The van der Waals surface area contributed by atoms with Gasteiger partial charge in [0.1, 0.15) is 11.6 Å². The molecule has 0 unspecified atom stereocenters. The van der Waals surface area contributed by atoms with E-state index < -0.39 is 0 Å². The van der Waals surface area contributed by atoms with Crippen LogP contribution in [-0.2, 0) is 6.54 Å². The fourth-order valence-corrected chi connectivity index (χ4v) is 3.59. The van der Waals surface area contributed by atoms with E-state index >= 15 is 0 Å². The first-order valence-corrected chi connectivity index (χ1v) is 10.3. The Morgan fingerprint density at radius 2 is 1.61 bits per heavy atom. The summed E-state index contributed by atoms with van der Waals surface area (Å²) in [5, 5.41) is 2.85. The van der Waals surface area contributed by atoms with Crippen molar-refractivity contribution >= 4 is 11.8 Å². The SMILES string of the molecule is Cc1ncc(CNC(=O)c2cc(C(=O)N3CCCC3)cc(-c3ccc(F)cc3)c2)cn1. The number of amides is 2. The number of benzene rings is 2. The third kappa shape index (κ3) is 4.94. The first-order valence-electron chi connectivity index (χ1n) is 10.3. The Bertz CT molecular complexity index is 1090. The van der Waals surface area contributed by atoms with Gasteiger partial charge >= 0.3 is 0 Å². The molecule has 1 aliphatic heterocycles. The highest BCUT2D eigenvalue weighted by atomic mass is 19.1. The lowest BCUT2D eigenvalue weighted by Crippen LogP contribution is -2.28. The molecule has 2 amide bonds. The number of hydrogen-bond acceptors (Lipinski definition) is 4. The molecule has 6 nitrogen and oxygen atoms in total. The van der Waals surface area contributed by atoms with Gasteiger partial charge in [0, 0.05) is 48.7 Å². The standard InChI is InChI=1S/C24H23FN4O2/c1-16-26-13-17(14-27-16)15-28-23(30)20-10-19(18-4-6-22(25)7-5-18)11-21(12-20)24(31)29-8-2-3-9-29/h4-7,10-14H,2-3,8-9,15H2,1H3,(H,28,30). The van der Waals surface area contributed by atoms with Gasteiger partial charge in [-0.05, 0) is 61.2 Å². The molecule has 0 atom stereocenters. The number of rotatable bonds is 5. The molecule has 158 valence electrons. The number of nitrogens with zero attached hydrogens (tertiary/aromatic N) is 3. The fourth-order valence-electron chi connectivity index (χ4n) is 3.59. The summed E-state index contributed by atoms with van der Waals surface area (Å²) in [6, 6.07) is 11.1. The van der Waals surface area contributed by atoms with E-state index in [9.17, 15) is 14.0 Å². The molecule has 31 heavy (non-hydrogen) atoms. The van der Waals surface area contributed by atoms with Crippen LogP contribution in [0.2, 0.25) is 0 Å². The topological polar surface area (TPSA) is 75.2 Å². The third-order valence-corrected chi connectivity index (χ3v) is 5.30. The van der Waals surface area contributed by atoms with Gasteiger partial charge in [-0.25, -0.2) is 14.4 Å². The van der Waals surface area contributed by atoms with Gasteiger partial charge in [0.15, 0.2) is 0 Å². The molecule has 1 fully saturated rings. The summed E-state index contributed by atoms with van der Waals surface area (Å²) in [6.45, 7) is 3.50. The van der Waals surface area contributed by atoms with E-state index in [4.69, 9.17) is 0 Å². The van der Waals surface area contributed by atoms with Crippen molar-refractivity contribution in [2.75, 3.05) is 13.1 Å². The second-order valence-corrected chi connectivity index (χ2v) is 7.63. The summed E-state index contributed by atoms with van der Waals surface area (Å²) in [7, 11) is 0. The molecule has 1 aromatic heterocycles. The van der Waals surface area contributed by atoms with Gasteiger partial charge in [-0.3, -0.25) is 9.59 Å². The third-order valence-electron chi connectivity index (χ3n) is 5.30. The smallest absolute Gasteiger partial charge is 0.253 e. The number of carbonyl (C=O) groups excluding carboxylic acids is 2. The van der Waals surface area contributed by atoms with Crippen molar-refractivity contribution in [1.29, 1.82) is 0 Å². The van der Waals surface area contributed by atoms with Crippen LogP contribution in [0.3, 0.4) is 0 Å². The Kier molecular flexibility index (Phi) is 6.02. The molecular formula is C24H23FN4O2. The Hall–Kier alpha value is -3.61. The number of aryl methyl sites for hydroxylation is 1. The molecule has 1 saturated heterocycles. The van der Waals surface area contributed by atoms with Crippen LogP contribution in [0.4, 0.5) is 4.39 Å². The summed E-state index contributed by atoms with van der Waals surface area (Å²) in [6.07, 6.45) is 5.30. The summed E-state index contributed by atoms with van der Waals surface area (Å²) >= 11 is 0. The van der Waals surface area contributed by atoms with Crippen LogP contribution in [-0.4, -0.2) is 39.8 Å². The minimum absolute atomic E-state index is 0.0950. The van der Waals surface area contributed by atoms with Gasteiger partial charge in [-0.1, -0.05) is 12.1 Å². The molecular weight excluding hydrogens is 395 g/mol. The number of nitrogens with one attached hydrogen (secondary N) is 1. The van der Waals surface area contributed by atoms with Crippen molar-refractivity contribution in [3.63, 3.8) is 0 Å². The minimum Gasteiger partial charge on any atom is -0.348 e. The number of carbonyl (C=O) groups is 2. The van der Waals surface area contributed by atoms with E-state index in [1.54, 1.807) is 54.5 Å². The molecule has 1 N–H and O–H groups in total. The number of hydrogen-bond donors (Lipinski definition) is 1. The van der Waals surface area contributed by atoms with Gasteiger partial charge in [-0.2, -0.15) is 0 Å². The van der Waals surface area contributed by atoms with E-state index in [2.05, 4.69) is 15.3 Å². The second-order valence-electron chi connectivity index (χ2n) is 7.63. The van der Waals surface area contributed by atoms with E-state index in [0.29, 0.717) is 35.6 Å². The molecule has 0 aliphatic carbocycles. The van der Waals surface area contributed by atoms with E-state index in [1.807, 2.05) is 0 Å². The number of halogens is 1. The van der Waals surface area contributed by atoms with E-state index in [-0.39, 0.29) is 24.2 Å². The normalized spacial score (nSPS) is 13.3. The second kappa shape index (κ2) is 9.04. The number of aromatic nitrogens is 2. The largest absolute Gasteiger partial charge is 0.348 e. The predicted octanol–water partition coefficient (Wildman–Crippen LogP) is 3.76. The highest BCUT2D eigenvalue weighted by molar-refractivity contribution is 6.01. The van der Waals surface area contributed by atoms with Crippen LogP contribution < -0.4 is 5.32 Å². The molecule has 7 heteroatoms. The molecule has 0 spiro atoms. The monoisotopic (exact) mass is 418 g/mol. The van der Waals surface area contributed by atoms with Crippen molar-refractivity contribution in [1.82, 2.24) is 20.2 Å². The lowest BCUT2D eigenvalue weighted by atomic mass is 9.98. The maximum atomic E-state index is 13.4. The van der Waals surface area contributed by atoms with Crippen LogP contribution in [0.1, 0.15) is 44.9 Å². The molecule has 2 aromatic carbocycles. The van der Waals surface area contributed by atoms with Crippen molar-refractivity contribution < 1.29 is 14.0 Å². The zero-order chi connectivity index (χ0) is 21.8. The maximum absolute atomic E-state index is 13.4. The average molecular weight is 418 g/mol. The van der Waals surface area contributed by atoms with E-state index in [0.717, 1.165) is 24.0 Å². The quantitative estimate of drug-likeness (QED) is 0.685. The summed E-state index contributed by atoms with van der Waals surface area (Å²) in [5.41, 5.74) is 3.03. The lowest BCUT2D eigenvalue weighted by Gasteiger charge is -2.17. The highest BCUT2D eigenvalue weighted by Gasteiger charge is 2.21. The number of likely N-dealkylation sites (tertiary alicyclic amines) is 1. The van der Waals surface area contributed by atoms with Crippen LogP contribution in [0.5, 0.6) is 0 Å². The van der Waals surface area contributed by atoms with Crippen LogP contribution in [0, 0.1) is 12.7 Å². The molecule has 3 aromatic rings. The molecule has 0 saturated carbocycles. The Morgan fingerprint density at radius 3 is 2.29 bits per heavy atom. The first kappa shape index (κ1) is 20.7. The highest BCUT2D eigenvalue weighted by Crippen LogP contribution is 2.25. The average Bonchev–Trinajstić information content (AvgIpc) is 3.33. The van der Waals surface area contributed by atoms with Crippen molar-refractivity contribution in [2.45, 2.75) is 26.3 Å². The van der Waals surface area contributed by atoms with Gasteiger partial charge in [0.25, 0.3) is 11.8 Å². The zero-order valence-corrected chi connectivity index (χ0v) is 17.3. The Morgan fingerprint density at radius 1 is 0.968 bits per heavy atom. The van der Waals surface area contributed by atoms with Gasteiger partial charge in [0.2, 0.25) is 0 Å². The predicted molar refractivity (Wildman–Crippen MR) is 115 cm³/mol. The molecule has 1 aliphatic rings. The molecule has 0 radical (unpaired) electrons. The van der Waals surface area contributed by atoms with E-state index in [1.165, 1.54) is 12.1 Å². The van der Waals surface area contributed by atoms with Gasteiger partial charge in [0.05, 0.1) is 0 Å². The molecule has 0 bridgehead atoms. The first-order chi connectivity index (χ1) is 15.0. The Balaban J connectivity index is 1.63. The zero-order valence-electron chi connectivity index (χ0n) is 17.3. The summed E-state index contributed by atoms with van der Waals surface area (Å²) < 4.78 is 13.4. The van der Waals surface area contributed by atoms with Gasteiger partial charge < -0.3 is 10.2 Å². The van der Waals surface area contributed by atoms with Crippen LogP contribution >= 0.6 is 0 Å². The lowest BCUT2D eigenvalue weighted by molar-refractivity contribution is 0.0793. The summed E-state index contributed by atoms with van der Waals surface area (Å²) in [5.74, 6) is -0.0825. The molecule has 4 rings (SSSR count). The minimum atomic E-state index is -0.341.